The summed E-state index contributed by atoms with van der Waals surface area (Å²) in [4.78, 5) is 13.6. The van der Waals surface area contributed by atoms with Crippen LogP contribution in [0, 0.1) is 5.82 Å². The number of benzene rings is 2. The first-order valence-corrected chi connectivity index (χ1v) is 9.48. The highest BCUT2D eigenvalue weighted by atomic mass is 19.1. The number of nitrogens with zero attached hydrogens (tertiary/aromatic N) is 1. The molecule has 2 aromatic rings. The van der Waals surface area contributed by atoms with Gasteiger partial charge in [0.1, 0.15) is 5.82 Å². The van der Waals surface area contributed by atoms with E-state index in [4.69, 9.17) is 14.2 Å². The Morgan fingerprint density at radius 1 is 1.03 bits per heavy atom. The molecule has 0 fully saturated rings. The number of carbonyl (C=O) groups excluding carboxylic acids is 1. The van der Waals surface area contributed by atoms with Gasteiger partial charge in [-0.05, 0) is 48.4 Å². The van der Waals surface area contributed by atoms with E-state index < -0.39 is 0 Å². The SMILES string of the molecule is COC(=O)CCCN(CC=Cc1ccc(OC)c(OC)c1)Cc1ccc(F)cc1. The average molecular weight is 401 g/mol. The smallest absolute Gasteiger partial charge is 0.305 e. The molecule has 0 saturated heterocycles. The van der Waals surface area contributed by atoms with Gasteiger partial charge >= 0.3 is 5.97 Å². The highest BCUT2D eigenvalue weighted by Crippen LogP contribution is 2.28. The standard InChI is InChI=1S/C23H28FNO4/c1-27-21-13-10-18(16-22(21)28-2)6-4-14-25(15-5-7-23(26)29-3)17-19-8-11-20(24)12-9-19/h4,6,8-13,16H,5,7,14-15,17H2,1-3H3. The third kappa shape index (κ3) is 7.58. The van der Waals surface area contributed by atoms with Crippen molar-refractivity contribution in [1.29, 1.82) is 0 Å². The Morgan fingerprint density at radius 2 is 1.76 bits per heavy atom. The maximum atomic E-state index is 13.2. The summed E-state index contributed by atoms with van der Waals surface area (Å²) in [5.41, 5.74) is 2.02. The fourth-order valence-corrected chi connectivity index (χ4v) is 2.93. The molecule has 0 aliphatic heterocycles. The van der Waals surface area contributed by atoms with Crippen LogP contribution in [0.15, 0.2) is 48.5 Å². The first-order valence-electron chi connectivity index (χ1n) is 9.48. The lowest BCUT2D eigenvalue weighted by atomic mass is 10.1. The molecule has 0 unspecified atom stereocenters. The Kier molecular flexibility index (Phi) is 9.18. The summed E-state index contributed by atoms with van der Waals surface area (Å²) in [5.74, 6) is 0.897. The molecule has 0 saturated carbocycles. The van der Waals surface area contributed by atoms with Crippen LogP contribution >= 0.6 is 0 Å². The van der Waals surface area contributed by atoms with Gasteiger partial charge in [-0.1, -0.05) is 30.4 Å². The summed E-state index contributed by atoms with van der Waals surface area (Å²) in [5, 5.41) is 0. The predicted molar refractivity (Wildman–Crippen MR) is 112 cm³/mol. The van der Waals surface area contributed by atoms with Gasteiger partial charge in [0.05, 0.1) is 21.3 Å². The second-order valence-corrected chi connectivity index (χ2v) is 6.56. The highest BCUT2D eigenvalue weighted by Gasteiger charge is 2.08. The van der Waals surface area contributed by atoms with E-state index in [2.05, 4.69) is 11.0 Å². The monoisotopic (exact) mass is 401 g/mol. The van der Waals surface area contributed by atoms with Gasteiger partial charge in [0.15, 0.2) is 11.5 Å². The van der Waals surface area contributed by atoms with Gasteiger partial charge in [0, 0.05) is 19.5 Å². The van der Waals surface area contributed by atoms with Crippen molar-refractivity contribution in [3.8, 4) is 11.5 Å². The number of hydrogen-bond donors (Lipinski definition) is 0. The van der Waals surface area contributed by atoms with E-state index in [-0.39, 0.29) is 11.8 Å². The molecule has 2 aromatic carbocycles. The molecular formula is C23H28FNO4. The summed E-state index contributed by atoms with van der Waals surface area (Å²) in [7, 11) is 4.61. The van der Waals surface area contributed by atoms with Crippen molar-refractivity contribution in [3.05, 3.63) is 65.5 Å². The molecule has 0 bridgehead atoms. The molecule has 0 N–H and O–H groups in total. The van der Waals surface area contributed by atoms with Crippen LogP contribution in [-0.4, -0.2) is 45.3 Å². The van der Waals surface area contributed by atoms with E-state index in [1.807, 2.05) is 24.3 Å². The minimum Gasteiger partial charge on any atom is -0.493 e. The maximum Gasteiger partial charge on any atom is 0.305 e. The number of hydrogen-bond acceptors (Lipinski definition) is 5. The van der Waals surface area contributed by atoms with Crippen LogP contribution in [-0.2, 0) is 16.1 Å². The minimum atomic E-state index is -0.251. The zero-order chi connectivity index (χ0) is 21.1. The number of carbonyl (C=O) groups is 1. The molecule has 0 atom stereocenters. The lowest BCUT2D eigenvalue weighted by Gasteiger charge is -2.20. The molecule has 0 aliphatic carbocycles. The zero-order valence-corrected chi connectivity index (χ0v) is 17.2. The van der Waals surface area contributed by atoms with Crippen molar-refractivity contribution in [2.45, 2.75) is 19.4 Å². The van der Waals surface area contributed by atoms with Gasteiger partial charge in [-0.15, -0.1) is 0 Å². The van der Waals surface area contributed by atoms with E-state index in [0.29, 0.717) is 37.4 Å². The molecule has 0 aromatic heterocycles. The van der Waals surface area contributed by atoms with E-state index >= 15 is 0 Å². The van der Waals surface area contributed by atoms with Crippen molar-refractivity contribution < 1.29 is 23.4 Å². The lowest BCUT2D eigenvalue weighted by Crippen LogP contribution is -2.25. The van der Waals surface area contributed by atoms with Gasteiger partial charge in [-0.25, -0.2) is 4.39 Å². The van der Waals surface area contributed by atoms with E-state index in [1.54, 1.807) is 26.4 Å². The Bertz CT molecular complexity index is 805. The fourth-order valence-electron chi connectivity index (χ4n) is 2.93. The third-order valence-electron chi connectivity index (χ3n) is 4.48. The summed E-state index contributed by atoms with van der Waals surface area (Å²) >= 11 is 0. The molecule has 0 aliphatic rings. The normalized spacial score (nSPS) is 11.1. The summed E-state index contributed by atoms with van der Waals surface area (Å²) in [6.07, 6.45) is 5.14. The first kappa shape index (κ1) is 22.4. The summed E-state index contributed by atoms with van der Waals surface area (Å²) in [6, 6.07) is 12.2. The van der Waals surface area contributed by atoms with Crippen LogP contribution in [0.1, 0.15) is 24.0 Å². The van der Waals surface area contributed by atoms with Gasteiger partial charge < -0.3 is 14.2 Å². The van der Waals surface area contributed by atoms with Gasteiger partial charge in [0.25, 0.3) is 0 Å². The first-order chi connectivity index (χ1) is 14.0. The zero-order valence-electron chi connectivity index (χ0n) is 17.2. The van der Waals surface area contributed by atoms with Gasteiger partial charge in [-0.2, -0.15) is 0 Å². The third-order valence-corrected chi connectivity index (χ3v) is 4.48. The molecule has 0 radical (unpaired) electrons. The predicted octanol–water partition coefficient (Wildman–Crippen LogP) is 4.31. The van der Waals surface area contributed by atoms with E-state index in [0.717, 1.165) is 17.7 Å². The molecule has 5 nitrogen and oxygen atoms in total. The Balaban J connectivity index is 2.02. The Hall–Kier alpha value is -2.86. The maximum absolute atomic E-state index is 13.2. The number of halogens is 1. The molecular weight excluding hydrogens is 373 g/mol. The average Bonchev–Trinajstić information content (AvgIpc) is 2.74. The molecule has 0 amide bonds. The topological polar surface area (TPSA) is 48.0 Å². The fraction of sp³-hybridized carbons (Fsp3) is 0.348. The van der Waals surface area contributed by atoms with Crippen molar-refractivity contribution in [3.63, 3.8) is 0 Å². The highest BCUT2D eigenvalue weighted by molar-refractivity contribution is 5.69. The molecule has 6 heteroatoms. The van der Waals surface area contributed by atoms with E-state index in [9.17, 15) is 9.18 Å². The van der Waals surface area contributed by atoms with Gasteiger partial charge in [-0.3, -0.25) is 9.69 Å². The van der Waals surface area contributed by atoms with Crippen LogP contribution in [0.2, 0.25) is 0 Å². The molecule has 2 rings (SSSR count). The number of methoxy groups -OCH3 is 3. The van der Waals surface area contributed by atoms with Crippen molar-refractivity contribution >= 4 is 12.0 Å². The summed E-state index contributed by atoms with van der Waals surface area (Å²) < 4.78 is 28.5. The second kappa shape index (κ2) is 11.9. The van der Waals surface area contributed by atoms with Crippen LogP contribution in [0.4, 0.5) is 4.39 Å². The molecule has 156 valence electrons. The van der Waals surface area contributed by atoms with Crippen molar-refractivity contribution in [1.82, 2.24) is 4.90 Å². The van der Waals surface area contributed by atoms with Crippen LogP contribution in [0.5, 0.6) is 11.5 Å². The molecule has 0 heterocycles. The number of esters is 1. The number of rotatable bonds is 11. The van der Waals surface area contributed by atoms with Crippen molar-refractivity contribution in [2.75, 3.05) is 34.4 Å². The largest absolute Gasteiger partial charge is 0.493 e. The quantitative estimate of drug-likeness (QED) is 0.525. The van der Waals surface area contributed by atoms with Crippen molar-refractivity contribution in [2.24, 2.45) is 0 Å². The van der Waals surface area contributed by atoms with Crippen LogP contribution in [0.25, 0.3) is 6.08 Å². The lowest BCUT2D eigenvalue weighted by molar-refractivity contribution is -0.140. The Morgan fingerprint density at radius 3 is 2.41 bits per heavy atom. The van der Waals surface area contributed by atoms with Crippen LogP contribution < -0.4 is 9.47 Å². The Labute approximate surface area is 171 Å². The number of ether oxygens (including phenoxy) is 3. The summed E-state index contributed by atoms with van der Waals surface area (Å²) in [6.45, 7) is 2.08. The van der Waals surface area contributed by atoms with Crippen LogP contribution in [0.3, 0.4) is 0 Å². The molecule has 29 heavy (non-hydrogen) atoms. The minimum absolute atomic E-state index is 0.215. The van der Waals surface area contributed by atoms with E-state index in [1.165, 1.54) is 19.2 Å². The second-order valence-electron chi connectivity index (χ2n) is 6.56. The molecule has 0 spiro atoms. The van der Waals surface area contributed by atoms with Gasteiger partial charge in [0.2, 0.25) is 0 Å².